The average Bonchev–Trinajstić information content (AvgIpc) is 3.47. The molecule has 47 heavy (non-hydrogen) atoms. The third kappa shape index (κ3) is 5.98. The summed E-state index contributed by atoms with van der Waals surface area (Å²) in [5.74, 6) is -1.82. The van der Waals surface area contributed by atoms with Gasteiger partial charge in [0.15, 0.2) is 11.5 Å². The number of benzene rings is 3. The number of rotatable bonds is 9. The number of aliphatic hydroxyl groups excluding tert-OH is 2. The SMILES string of the molecule is COc1cc(C=O)cc2c1O[C@@H]1[C@@H](O)[C@H](N(Cc3ccc(Cl)c(Cl)c3)C(=O)c3cc4ccccc4oc3=O)C=C(C(=O)NCCO)[C@H]21. The first-order valence-electron chi connectivity index (χ1n) is 14.6. The van der Waals surface area contributed by atoms with E-state index in [4.69, 9.17) is 37.1 Å². The Morgan fingerprint density at radius 2 is 1.87 bits per heavy atom. The molecule has 0 unspecified atom stereocenters. The molecule has 1 aromatic heterocycles. The Balaban J connectivity index is 1.51. The van der Waals surface area contributed by atoms with Crippen molar-refractivity contribution in [1.82, 2.24) is 10.2 Å². The van der Waals surface area contributed by atoms with Crippen LogP contribution < -0.4 is 20.4 Å². The second-order valence-corrected chi connectivity index (χ2v) is 11.9. The van der Waals surface area contributed by atoms with E-state index in [1.807, 2.05) is 0 Å². The molecule has 0 saturated heterocycles. The van der Waals surface area contributed by atoms with Crippen molar-refractivity contribution in [1.29, 1.82) is 0 Å². The Morgan fingerprint density at radius 3 is 2.60 bits per heavy atom. The van der Waals surface area contributed by atoms with Crippen LogP contribution in [-0.2, 0) is 11.3 Å². The van der Waals surface area contributed by atoms with Gasteiger partial charge in [0.25, 0.3) is 5.91 Å². The number of aldehydes is 1. The molecule has 2 aliphatic rings. The number of ether oxygens (including phenoxy) is 2. The molecule has 242 valence electrons. The minimum absolute atomic E-state index is 0.0732. The highest BCUT2D eigenvalue weighted by Gasteiger charge is 2.51. The third-order valence-electron chi connectivity index (χ3n) is 8.24. The average molecular weight is 680 g/mol. The number of hydrogen-bond acceptors (Lipinski definition) is 9. The van der Waals surface area contributed by atoms with Crippen molar-refractivity contribution >= 4 is 52.3 Å². The van der Waals surface area contributed by atoms with Crippen LogP contribution in [0.25, 0.3) is 11.0 Å². The van der Waals surface area contributed by atoms with Gasteiger partial charge in [0.05, 0.1) is 35.7 Å². The van der Waals surface area contributed by atoms with Gasteiger partial charge < -0.3 is 34.3 Å². The number of fused-ring (bicyclic) bond motifs is 4. The maximum Gasteiger partial charge on any atom is 0.349 e. The summed E-state index contributed by atoms with van der Waals surface area (Å²) >= 11 is 12.4. The van der Waals surface area contributed by atoms with Crippen molar-refractivity contribution in [3.63, 3.8) is 0 Å². The van der Waals surface area contributed by atoms with E-state index in [1.165, 1.54) is 30.2 Å². The molecule has 2 amide bonds. The molecule has 6 rings (SSSR count). The van der Waals surface area contributed by atoms with E-state index in [1.54, 1.807) is 48.5 Å². The highest BCUT2D eigenvalue weighted by Crippen LogP contribution is 2.51. The molecular weight excluding hydrogens is 651 g/mol. The molecule has 3 aromatic carbocycles. The highest BCUT2D eigenvalue weighted by atomic mass is 35.5. The van der Waals surface area contributed by atoms with Gasteiger partial charge in [-0.2, -0.15) is 0 Å². The first kappa shape index (κ1) is 32.3. The molecule has 0 radical (unpaired) electrons. The molecule has 0 saturated carbocycles. The van der Waals surface area contributed by atoms with E-state index in [2.05, 4.69) is 5.32 Å². The number of amides is 2. The van der Waals surface area contributed by atoms with Crippen molar-refractivity contribution in [3.8, 4) is 11.5 Å². The largest absolute Gasteiger partial charge is 0.493 e. The number of hydrogen-bond donors (Lipinski definition) is 3. The van der Waals surface area contributed by atoms with Crippen molar-refractivity contribution in [3.05, 3.63) is 115 Å². The summed E-state index contributed by atoms with van der Waals surface area (Å²) in [4.78, 5) is 54.2. The van der Waals surface area contributed by atoms with Crippen molar-refractivity contribution in [2.75, 3.05) is 20.3 Å². The predicted octanol–water partition coefficient (Wildman–Crippen LogP) is 3.89. The van der Waals surface area contributed by atoms with E-state index < -0.39 is 41.6 Å². The van der Waals surface area contributed by atoms with Gasteiger partial charge in [-0.1, -0.05) is 47.5 Å². The van der Waals surface area contributed by atoms with E-state index in [0.29, 0.717) is 22.8 Å². The Morgan fingerprint density at radius 1 is 1.09 bits per heavy atom. The zero-order valence-electron chi connectivity index (χ0n) is 24.8. The summed E-state index contributed by atoms with van der Waals surface area (Å²) in [6.07, 6.45) is -0.511. The molecule has 11 nitrogen and oxygen atoms in total. The molecular formula is C34H28Cl2N2O9. The van der Waals surface area contributed by atoms with Gasteiger partial charge in [-0.3, -0.25) is 14.4 Å². The Hall–Kier alpha value is -4.68. The van der Waals surface area contributed by atoms with Gasteiger partial charge in [-0.05, 0) is 48.0 Å². The lowest BCUT2D eigenvalue weighted by Gasteiger charge is -2.40. The molecule has 3 N–H and O–H groups in total. The number of nitrogens with zero attached hydrogens (tertiary/aromatic N) is 1. The Kier molecular flexibility index (Phi) is 9.07. The van der Waals surface area contributed by atoms with Crippen LogP contribution in [0.15, 0.2) is 81.5 Å². The van der Waals surface area contributed by atoms with Crippen LogP contribution in [0.1, 0.15) is 37.8 Å². The van der Waals surface area contributed by atoms with Gasteiger partial charge in [0.1, 0.15) is 29.6 Å². The molecule has 0 bridgehead atoms. The maximum absolute atomic E-state index is 14.4. The highest BCUT2D eigenvalue weighted by molar-refractivity contribution is 6.42. The molecule has 0 spiro atoms. The molecule has 0 fully saturated rings. The third-order valence-corrected chi connectivity index (χ3v) is 8.98. The van der Waals surface area contributed by atoms with E-state index in [9.17, 15) is 29.4 Å². The topological polar surface area (TPSA) is 156 Å². The van der Waals surface area contributed by atoms with Crippen LogP contribution in [0.3, 0.4) is 0 Å². The number of methoxy groups -OCH3 is 1. The van der Waals surface area contributed by atoms with Gasteiger partial charge in [0.2, 0.25) is 5.91 Å². The summed E-state index contributed by atoms with van der Waals surface area (Å²) in [6.45, 7) is -0.583. The molecule has 1 aliphatic carbocycles. The number of carbonyl (C=O) groups is 3. The first-order valence-corrected chi connectivity index (χ1v) is 15.3. The van der Waals surface area contributed by atoms with Gasteiger partial charge in [-0.25, -0.2) is 4.79 Å². The van der Waals surface area contributed by atoms with Crippen LogP contribution in [0.2, 0.25) is 10.0 Å². The fourth-order valence-corrected chi connectivity index (χ4v) is 6.39. The van der Waals surface area contributed by atoms with Gasteiger partial charge in [0, 0.05) is 35.2 Å². The Bertz CT molecular complexity index is 1990. The lowest BCUT2D eigenvalue weighted by molar-refractivity contribution is -0.118. The summed E-state index contributed by atoms with van der Waals surface area (Å²) in [5.41, 5.74) is 0.407. The van der Waals surface area contributed by atoms with Crippen LogP contribution in [-0.4, -0.2) is 71.7 Å². The second-order valence-electron chi connectivity index (χ2n) is 11.1. The molecule has 4 aromatic rings. The van der Waals surface area contributed by atoms with Gasteiger partial charge in [-0.15, -0.1) is 0 Å². The molecule has 4 atom stereocenters. The van der Waals surface area contributed by atoms with E-state index in [-0.39, 0.29) is 63.5 Å². The summed E-state index contributed by atoms with van der Waals surface area (Å²) < 4.78 is 17.2. The maximum atomic E-state index is 14.4. The number of nitrogens with one attached hydrogen (secondary N) is 1. The summed E-state index contributed by atoms with van der Waals surface area (Å²) in [5, 5.41) is 25.0. The number of para-hydroxylation sites is 1. The van der Waals surface area contributed by atoms with Crippen LogP contribution in [0.5, 0.6) is 11.5 Å². The Labute approximate surface area is 277 Å². The van der Waals surface area contributed by atoms with Crippen LogP contribution >= 0.6 is 23.2 Å². The van der Waals surface area contributed by atoms with Gasteiger partial charge >= 0.3 is 5.63 Å². The lowest BCUT2D eigenvalue weighted by atomic mass is 9.77. The van der Waals surface area contributed by atoms with Crippen molar-refractivity contribution in [2.45, 2.75) is 30.7 Å². The van der Waals surface area contributed by atoms with Crippen molar-refractivity contribution < 1.29 is 38.5 Å². The molecule has 2 heterocycles. The number of aliphatic hydroxyl groups is 2. The fraction of sp³-hybridized carbons (Fsp3) is 0.235. The van der Waals surface area contributed by atoms with Crippen molar-refractivity contribution in [2.24, 2.45) is 0 Å². The van der Waals surface area contributed by atoms with Crippen LogP contribution in [0, 0.1) is 0 Å². The molecule has 13 heteroatoms. The predicted molar refractivity (Wildman–Crippen MR) is 172 cm³/mol. The number of carbonyl (C=O) groups excluding carboxylic acids is 3. The second kappa shape index (κ2) is 13.2. The zero-order valence-corrected chi connectivity index (χ0v) is 26.3. The zero-order chi connectivity index (χ0) is 33.4. The first-order chi connectivity index (χ1) is 22.6. The molecule has 1 aliphatic heterocycles. The minimum atomic E-state index is -1.45. The number of halogens is 2. The normalized spacial score (nSPS) is 19.6. The fourth-order valence-electron chi connectivity index (χ4n) is 6.07. The quantitative estimate of drug-likeness (QED) is 0.177. The van der Waals surface area contributed by atoms with Crippen LogP contribution in [0.4, 0.5) is 0 Å². The van der Waals surface area contributed by atoms with E-state index in [0.717, 1.165) is 0 Å². The minimum Gasteiger partial charge on any atom is -0.493 e. The summed E-state index contributed by atoms with van der Waals surface area (Å²) in [7, 11) is 1.40. The smallest absolute Gasteiger partial charge is 0.349 e. The monoisotopic (exact) mass is 678 g/mol. The lowest BCUT2D eigenvalue weighted by Crippen LogP contribution is -2.56. The van der Waals surface area contributed by atoms with E-state index >= 15 is 0 Å². The summed E-state index contributed by atoms with van der Waals surface area (Å²) in [6, 6.07) is 14.7. The standard InChI is InChI=1S/C34H28Cl2N2O9/c1-45-27-12-18(16-40)10-20-28-21(32(42)37-8-9-39)14-25(29(41)31(28)47-30(20)27)38(15-17-6-7-23(35)24(36)11-17)33(43)22-13-19-4-2-3-5-26(19)46-34(22)44/h2-7,10-14,16,25,28-29,31,39,41H,8-9,15H2,1H3,(H,37,42)/t25-,28+,29+,31+/m1/s1.